The van der Waals surface area contributed by atoms with E-state index in [0.717, 1.165) is 82.5 Å². The van der Waals surface area contributed by atoms with Crippen molar-refractivity contribution in [1.82, 2.24) is 15.0 Å². The van der Waals surface area contributed by atoms with Crippen LogP contribution in [0, 0.1) is 0 Å². The molecule has 268 valence electrons. The van der Waals surface area contributed by atoms with Gasteiger partial charge in [-0.1, -0.05) is 146 Å². The molecule has 0 saturated heterocycles. The largest absolute Gasteiger partial charge is 0.456 e. The summed E-state index contributed by atoms with van der Waals surface area (Å²) in [6.07, 6.45) is 22.6. The third-order valence-corrected chi connectivity index (χ3v) is 9.79. The molecule has 9 rings (SSSR count). The lowest BCUT2D eigenvalue weighted by atomic mass is 10.0. The molecular weight excluding hydrogens is 687 g/mol. The number of fused-ring (bicyclic) bond motifs is 7. The Kier molecular flexibility index (Phi) is 9.32. The Morgan fingerprint density at radius 3 is 2.05 bits per heavy atom. The van der Waals surface area contributed by atoms with E-state index in [-0.39, 0.29) is 0 Å². The third-order valence-electron chi connectivity index (χ3n) is 9.79. The van der Waals surface area contributed by atoms with Crippen LogP contribution in [0.2, 0.25) is 0 Å². The molecule has 0 spiro atoms. The highest BCUT2D eigenvalue weighted by atomic mass is 16.3. The molecule has 0 amide bonds. The normalized spacial score (nSPS) is 12.9. The molecule has 0 unspecified atom stereocenters. The summed E-state index contributed by atoms with van der Waals surface area (Å²) in [6.45, 7) is 4.03. The van der Waals surface area contributed by atoms with Gasteiger partial charge in [-0.3, -0.25) is 0 Å². The summed E-state index contributed by atoms with van der Waals surface area (Å²) in [5, 5.41) is 6.36. The van der Waals surface area contributed by atoms with Crippen molar-refractivity contribution in [3.8, 4) is 34.2 Å². The number of hydrogen-bond donors (Lipinski definition) is 0. The van der Waals surface area contributed by atoms with E-state index in [4.69, 9.17) is 23.8 Å². The number of nitrogens with zero attached hydrogens (tertiary/aromatic N) is 3. The molecule has 3 heterocycles. The quantitative estimate of drug-likeness (QED) is 0.139. The second kappa shape index (κ2) is 15.2. The SMILES string of the molecule is C/C=C\C=C/C=C/C(/C=C\C)=C/C=C/c1ccc2c(c1)oc1cccc(-c3nc(-c4ccc5ccccc5c4)nc(-c4ccc5c(c4)oc4ccccc45)n3)c12. The van der Waals surface area contributed by atoms with Crippen LogP contribution in [0.4, 0.5) is 0 Å². The van der Waals surface area contributed by atoms with E-state index >= 15 is 0 Å². The molecule has 0 fully saturated rings. The summed E-state index contributed by atoms with van der Waals surface area (Å²) in [4.78, 5) is 15.4. The molecule has 0 atom stereocenters. The predicted octanol–water partition coefficient (Wildman–Crippen LogP) is 14.0. The Morgan fingerprint density at radius 2 is 1.18 bits per heavy atom. The van der Waals surface area contributed by atoms with Gasteiger partial charge in [-0.2, -0.15) is 0 Å². The molecule has 56 heavy (non-hydrogen) atoms. The van der Waals surface area contributed by atoms with Crippen molar-refractivity contribution in [1.29, 1.82) is 0 Å². The van der Waals surface area contributed by atoms with Crippen molar-refractivity contribution in [2.75, 3.05) is 0 Å². The lowest BCUT2D eigenvalue weighted by Gasteiger charge is -2.10. The Bertz CT molecular complexity index is 3110. The Morgan fingerprint density at radius 1 is 0.482 bits per heavy atom. The number of furan rings is 2. The van der Waals surface area contributed by atoms with Crippen molar-refractivity contribution in [3.05, 3.63) is 193 Å². The molecule has 9 aromatic rings. The fourth-order valence-electron chi connectivity index (χ4n) is 7.12. The van der Waals surface area contributed by atoms with E-state index in [2.05, 4.69) is 103 Å². The van der Waals surface area contributed by atoms with Gasteiger partial charge in [0.05, 0.1) is 0 Å². The van der Waals surface area contributed by atoms with Gasteiger partial charge in [0.25, 0.3) is 0 Å². The number of benzene rings is 6. The molecule has 5 nitrogen and oxygen atoms in total. The number of aromatic nitrogens is 3. The molecule has 0 aliphatic carbocycles. The van der Waals surface area contributed by atoms with E-state index in [9.17, 15) is 0 Å². The number of hydrogen-bond acceptors (Lipinski definition) is 5. The second-order valence-corrected chi connectivity index (χ2v) is 13.5. The van der Waals surface area contributed by atoms with E-state index in [1.807, 2.05) is 98.8 Å². The van der Waals surface area contributed by atoms with Gasteiger partial charge >= 0.3 is 0 Å². The fourth-order valence-corrected chi connectivity index (χ4v) is 7.12. The van der Waals surface area contributed by atoms with Gasteiger partial charge in [-0.05, 0) is 78.2 Å². The maximum Gasteiger partial charge on any atom is 0.164 e. The van der Waals surface area contributed by atoms with Gasteiger partial charge in [0, 0.05) is 38.2 Å². The van der Waals surface area contributed by atoms with Crippen LogP contribution in [0.3, 0.4) is 0 Å². The first kappa shape index (κ1) is 34.4. The molecule has 0 bridgehead atoms. The first-order valence-electron chi connectivity index (χ1n) is 18.7. The third kappa shape index (κ3) is 6.78. The Hall–Kier alpha value is -7.37. The van der Waals surface area contributed by atoms with Crippen molar-refractivity contribution < 1.29 is 8.83 Å². The standard InChI is InChI=1S/C51H37N3O2/c1-3-5-6-7-8-16-34(15-4-2)17-13-18-35-25-29-42-46(31-35)56-45-24-14-22-43(48(42)45)51-53-49(38-27-26-36-19-9-10-20-37(36)32-38)52-50(54-51)39-28-30-41-40-21-11-12-23-44(40)55-47(41)33-39/h3-33H,1-2H3/b5-3-,7-6-,15-4-,16-8+,18-13+,34-17+. The smallest absolute Gasteiger partial charge is 0.164 e. The fraction of sp³-hybridized carbons (Fsp3) is 0.0392. The minimum Gasteiger partial charge on any atom is -0.456 e. The molecule has 0 saturated carbocycles. The Labute approximate surface area is 324 Å². The summed E-state index contributed by atoms with van der Waals surface area (Å²) >= 11 is 0. The zero-order valence-corrected chi connectivity index (χ0v) is 31.1. The molecule has 0 N–H and O–H groups in total. The van der Waals surface area contributed by atoms with Crippen LogP contribution in [0.25, 0.3) is 94.9 Å². The highest BCUT2D eigenvalue weighted by Gasteiger charge is 2.19. The van der Waals surface area contributed by atoms with Crippen LogP contribution in [-0.4, -0.2) is 15.0 Å². The van der Waals surface area contributed by atoms with E-state index in [0.29, 0.717) is 17.5 Å². The van der Waals surface area contributed by atoms with Gasteiger partial charge in [0.15, 0.2) is 17.5 Å². The molecule has 3 aromatic heterocycles. The number of allylic oxidation sites excluding steroid dienone is 11. The summed E-state index contributed by atoms with van der Waals surface area (Å²) < 4.78 is 12.8. The number of para-hydroxylation sites is 1. The van der Waals surface area contributed by atoms with E-state index in [1.165, 1.54) is 0 Å². The molecule has 6 aromatic carbocycles. The maximum atomic E-state index is 6.49. The van der Waals surface area contributed by atoms with Crippen LogP contribution in [0.15, 0.2) is 196 Å². The molecule has 0 aliphatic heterocycles. The highest BCUT2D eigenvalue weighted by molar-refractivity contribution is 6.12. The lowest BCUT2D eigenvalue weighted by molar-refractivity contribution is 0.668. The van der Waals surface area contributed by atoms with Crippen LogP contribution >= 0.6 is 0 Å². The van der Waals surface area contributed by atoms with Crippen molar-refractivity contribution in [2.45, 2.75) is 13.8 Å². The topological polar surface area (TPSA) is 65.0 Å². The summed E-state index contributed by atoms with van der Waals surface area (Å²) in [5.41, 5.74) is 7.95. The van der Waals surface area contributed by atoms with E-state index < -0.39 is 0 Å². The monoisotopic (exact) mass is 723 g/mol. The summed E-state index contributed by atoms with van der Waals surface area (Å²) in [5.74, 6) is 1.72. The van der Waals surface area contributed by atoms with Crippen molar-refractivity contribution >= 4 is 60.7 Å². The van der Waals surface area contributed by atoms with E-state index in [1.54, 1.807) is 0 Å². The van der Waals surface area contributed by atoms with Gasteiger partial charge in [0.2, 0.25) is 0 Å². The molecule has 0 aliphatic rings. The highest BCUT2D eigenvalue weighted by Crippen LogP contribution is 2.38. The van der Waals surface area contributed by atoms with Gasteiger partial charge in [-0.15, -0.1) is 0 Å². The zero-order valence-electron chi connectivity index (χ0n) is 31.1. The Balaban J connectivity index is 1.14. The molecule has 0 radical (unpaired) electrons. The van der Waals surface area contributed by atoms with Crippen LogP contribution in [-0.2, 0) is 0 Å². The molecule has 5 heteroatoms. The summed E-state index contributed by atoms with van der Waals surface area (Å²) in [7, 11) is 0. The minimum absolute atomic E-state index is 0.562. The van der Waals surface area contributed by atoms with Gasteiger partial charge < -0.3 is 8.83 Å². The average molecular weight is 724 g/mol. The summed E-state index contributed by atoms with van der Waals surface area (Å²) in [6, 6.07) is 41.3. The number of rotatable bonds is 9. The zero-order chi connectivity index (χ0) is 37.8. The maximum absolute atomic E-state index is 6.49. The first-order chi connectivity index (χ1) is 27.6. The predicted molar refractivity (Wildman–Crippen MR) is 233 cm³/mol. The molecular formula is C51H37N3O2. The average Bonchev–Trinajstić information content (AvgIpc) is 3.81. The first-order valence-corrected chi connectivity index (χ1v) is 18.7. The van der Waals surface area contributed by atoms with Crippen LogP contribution < -0.4 is 0 Å². The van der Waals surface area contributed by atoms with Crippen molar-refractivity contribution in [3.63, 3.8) is 0 Å². The van der Waals surface area contributed by atoms with Crippen LogP contribution in [0.5, 0.6) is 0 Å². The minimum atomic E-state index is 0.562. The lowest BCUT2D eigenvalue weighted by Crippen LogP contribution is -2.00. The van der Waals surface area contributed by atoms with Crippen molar-refractivity contribution in [2.24, 2.45) is 0 Å². The van der Waals surface area contributed by atoms with Crippen LogP contribution in [0.1, 0.15) is 19.4 Å². The van der Waals surface area contributed by atoms with Gasteiger partial charge in [-0.25, -0.2) is 15.0 Å². The van der Waals surface area contributed by atoms with Gasteiger partial charge in [0.1, 0.15) is 22.3 Å². The second-order valence-electron chi connectivity index (χ2n) is 13.5.